The van der Waals surface area contributed by atoms with Crippen molar-refractivity contribution in [2.24, 2.45) is 0 Å². The number of aryl methyl sites for hydroxylation is 1. The lowest BCUT2D eigenvalue weighted by Crippen LogP contribution is -2.49. The first-order valence-corrected chi connectivity index (χ1v) is 9.65. The molecule has 0 spiro atoms. The van der Waals surface area contributed by atoms with Crippen LogP contribution in [-0.2, 0) is 0 Å². The van der Waals surface area contributed by atoms with Gasteiger partial charge in [-0.05, 0) is 42.8 Å². The fourth-order valence-electron chi connectivity index (χ4n) is 3.79. The molecule has 6 nitrogen and oxygen atoms in total. The van der Waals surface area contributed by atoms with Crippen LogP contribution in [-0.4, -0.2) is 30.0 Å². The Morgan fingerprint density at radius 3 is 2.71 bits per heavy atom. The number of aromatic amines is 1. The highest BCUT2D eigenvalue weighted by atomic mass is 19.1. The molecule has 0 fully saturated rings. The monoisotopic (exact) mass is 431 g/mol. The Bertz CT molecular complexity index is 1210. The van der Waals surface area contributed by atoms with E-state index in [2.05, 4.69) is 15.6 Å². The Kier molecular flexibility index (Phi) is 5.34. The molecule has 1 aliphatic heterocycles. The number of amides is 2. The average molecular weight is 431 g/mol. The summed E-state index contributed by atoms with van der Waals surface area (Å²) in [6.07, 6.45) is -0.203. The maximum absolute atomic E-state index is 13.8. The van der Waals surface area contributed by atoms with Crippen LogP contribution >= 0.6 is 0 Å². The molecule has 4 rings (SSSR count). The summed E-state index contributed by atoms with van der Waals surface area (Å²) in [5.41, 5.74) is 0.0289. The van der Waals surface area contributed by atoms with Crippen LogP contribution in [0.2, 0.25) is 0 Å². The van der Waals surface area contributed by atoms with Crippen molar-refractivity contribution in [2.75, 3.05) is 18.7 Å². The van der Waals surface area contributed by atoms with Crippen LogP contribution in [0.1, 0.15) is 23.6 Å². The maximum atomic E-state index is 13.8. The molecule has 2 heterocycles. The van der Waals surface area contributed by atoms with E-state index < -0.39 is 36.8 Å². The molecule has 162 valence electrons. The third kappa shape index (κ3) is 3.95. The third-order valence-electron chi connectivity index (χ3n) is 5.39. The summed E-state index contributed by atoms with van der Waals surface area (Å²) < 4.78 is 46.5. The number of nitrogens with one attached hydrogen (secondary N) is 3. The lowest BCUT2D eigenvalue weighted by atomic mass is 9.88. The zero-order chi connectivity index (χ0) is 22.2. The highest BCUT2D eigenvalue weighted by molar-refractivity contribution is 6.01. The van der Waals surface area contributed by atoms with Crippen LogP contribution in [0.15, 0.2) is 47.3 Å². The molecule has 0 radical (unpaired) electrons. The van der Waals surface area contributed by atoms with E-state index in [9.17, 15) is 22.8 Å². The van der Waals surface area contributed by atoms with Crippen molar-refractivity contribution in [3.05, 3.63) is 69.8 Å². The molecule has 3 aromatic rings. The predicted octanol–water partition coefficient (Wildman–Crippen LogP) is 4.30. The second kappa shape index (κ2) is 7.98. The van der Waals surface area contributed by atoms with Gasteiger partial charge in [0.05, 0.1) is 17.2 Å². The molecule has 9 heteroatoms. The topological polar surface area (TPSA) is 83.2 Å². The zero-order valence-corrected chi connectivity index (χ0v) is 16.6. The zero-order valence-electron chi connectivity index (χ0n) is 16.6. The number of fused-ring (bicyclic) bond motifs is 2. The van der Waals surface area contributed by atoms with Crippen molar-refractivity contribution in [3.8, 4) is 5.75 Å². The minimum Gasteiger partial charge on any atom is -0.481 e. The number of aromatic nitrogens is 1. The minimum absolute atomic E-state index is 0.118. The van der Waals surface area contributed by atoms with Crippen molar-refractivity contribution in [3.63, 3.8) is 0 Å². The van der Waals surface area contributed by atoms with Crippen LogP contribution in [0.5, 0.6) is 5.75 Å². The van der Waals surface area contributed by atoms with E-state index in [-0.39, 0.29) is 17.7 Å². The highest BCUT2D eigenvalue weighted by Gasteiger charge is 2.42. The highest BCUT2D eigenvalue weighted by Crippen LogP contribution is 2.40. The molecule has 1 aliphatic rings. The second-order valence-corrected chi connectivity index (χ2v) is 7.63. The fraction of sp³-hybridized carbons (Fsp3) is 0.273. The van der Waals surface area contributed by atoms with E-state index in [0.717, 1.165) is 11.6 Å². The Balaban J connectivity index is 1.64. The van der Waals surface area contributed by atoms with Crippen LogP contribution in [0.4, 0.5) is 23.7 Å². The molecule has 0 unspecified atom stereocenters. The van der Waals surface area contributed by atoms with Gasteiger partial charge in [0.2, 0.25) is 5.56 Å². The number of H-pyrrole nitrogens is 1. The van der Waals surface area contributed by atoms with E-state index in [1.807, 2.05) is 0 Å². The van der Waals surface area contributed by atoms with Crippen molar-refractivity contribution in [2.45, 2.75) is 25.0 Å². The summed E-state index contributed by atoms with van der Waals surface area (Å²) in [5.74, 6) is -0.441. The third-order valence-corrected chi connectivity index (χ3v) is 5.39. The summed E-state index contributed by atoms with van der Waals surface area (Å²) in [6.45, 7) is -0.414. The maximum Gasteiger partial charge on any atom is 0.319 e. The van der Waals surface area contributed by atoms with Gasteiger partial charge in [-0.25, -0.2) is 18.0 Å². The number of hydrogen-bond donors (Lipinski definition) is 3. The van der Waals surface area contributed by atoms with E-state index in [0.29, 0.717) is 22.2 Å². The summed E-state index contributed by atoms with van der Waals surface area (Å²) in [5, 5.41) is 6.03. The van der Waals surface area contributed by atoms with Gasteiger partial charge < -0.3 is 20.4 Å². The first-order chi connectivity index (χ1) is 14.8. The number of pyridine rings is 1. The number of carbonyl (C=O) groups excluding carboxylic acids is 1. The van der Waals surface area contributed by atoms with Gasteiger partial charge in [-0.3, -0.25) is 4.79 Å². The molecular weight excluding hydrogens is 411 g/mol. The Morgan fingerprint density at radius 2 is 1.97 bits per heavy atom. The Hall–Kier alpha value is -3.49. The molecule has 1 atom stereocenters. The quantitative estimate of drug-likeness (QED) is 0.576. The minimum atomic E-state index is -1.75. The van der Waals surface area contributed by atoms with Crippen molar-refractivity contribution >= 4 is 22.6 Å². The van der Waals surface area contributed by atoms with E-state index in [1.165, 1.54) is 18.2 Å². The largest absolute Gasteiger partial charge is 0.481 e. The Morgan fingerprint density at radius 1 is 1.19 bits per heavy atom. The van der Waals surface area contributed by atoms with Crippen LogP contribution in [0, 0.1) is 12.7 Å². The number of urea groups is 1. The molecule has 0 saturated carbocycles. The fourth-order valence-corrected chi connectivity index (χ4v) is 3.79. The van der Waals surface area contributed by atoms with Crippen LogP contribution in [0.25, 0.3) is 10.9 Å². The van der Waals surface area contributed by atoms with Crippen molar-refractivity contribution in [1.82, 2.24) is 10.3 Å². The van der Waals surface area contributed by atoms with Gasteiger partial charge in [-0.1, -0.05) is 6.07 Å². The molecular formula is C22H20F3N3O3. The van der Waals surface area contributed by atoms with Crippen LogP contribution in [0.3, 0.4) is 0 Å². The number of halogens is 3. The van der Waals surface area contributed by atoms with Gasteiger partial charge in [0.25, 0.3) is 0 Å². The number of hydrogen-bond acceptors (Lipinski definition) is 3. The normalized spacial score (nSPS) is 17.0. The van der Waals surface area contributed by atoms with Gasteiger partial charge in [-0.2, -0.15) is 0 Å². The number of benzene rings is 2. The summed E-state index contributed by atoms with van der Waals surface area (Å²) in [7, 11) is 0. The van der Waals surface area contributed by atoms with Gasteiger partial charge in [0.1, 0.15) is 24.9 Å². The van der Waals surface area contributed by atoms with E-state index in [1.54, 1.807) is 25.1 Å². The van der Waals surface area contributed by atoms with E-state index in [4.69, 9.17) is 4.74 Å². The molecule has 0 aliphatic carbocycles. The molecule has 31 heavy (non-hydrogen) atoms. The molecule has 1 aromatic heterocycles. The summed E-state index contributed by atoms with van der Waals surface area (Å²) >= 11 is 0. The number of ether oxygens (including phenoxy) is 1. The van der Waals surface area contributed by atoms with E-state index >= 15 is 0 Å². The molecule has 0 saturated heterocycles. The molecule has 2 aromatic carbocycles. The predicted molar refractivity (Wildman–Crippen MR) is 111 cm³/mol. The van der Waals surface area contributed by atoms with Crippen molar-refractivity contribution in [1.29, 1.82) is 0 Å². The standard InChI is InChI=1S/C22H20F3N3O3/c1-12-2-5-16-14(4-7-19(29)26-16)20(12)28-21(30)27-17-9-22(10-23,11-24)31-18-6-3-13(25)8-15(17)18/h2-8,17H,9-11H2,1H3,(H,26,29)(H2,27,28,30)/t17-/m1/s1. The first-order valence-electron chi connectivity index (χ1n) is 9.65. The van der Waals surface area contributed by atoms with Gasteiger partial charge in [-0.15, -0.1) is 0 Å². The van der Waals surface area contributed by atoms with Gasteiger partial charge in [0.15, 0.2) is 5.60 Å². The Labute approximate surface area is 175 Å². The molecule has 0 bridgehead atoms. The number of anilines is 1. The van der Waals surface area contributed by atoms with Gasteiger partial charge >= 0.3 is 6.03 Å². The number of alkyl halides is 2. The smallest absolute Gasteiger partial charge is 0.319 e. The number of rotatable bonds is 4. The first kappa shape index (κ1) is 20.8. The lowest BCUT2D eigenvalue weighted by molar-refractivity contribution is -0.0106. The lowest BCUT2D eigenvalue weighted by Gasteiger charge is -2.39. The molecule has 2 amide bonds. The van der Waals surface area contributed by atoms with Gasteiger partial charge in [0, 0.05) is 23.4 Å². The molecule has 3 N–H and O–H groups in total. The second-order valence-electron chi connectivity index (χ2n) is 7.63. The average Bonchev–Trinajstić information content (AvgIpc) is 2.76. The number of carbonyl (C=O) groups is 1. The van der Waals surface area contributed by atoms with Crippen LogP contribution < -0.4 is 20.9 Å². The van der Waals surface area contributed by atoms with Crippen molar-refractivity contribution < 1.29 is 22.7 Å². The summed E-state index contributed by atoms with van der Waals surface area (Å²) in [6, 6.07) is 8.48. The summed E-state index contributed by atoms with van der Waals surface area (Å²) in [4.78, 5) is 27.1. The SMILES string of the molecule is Cc1ccc2[nH]c(=O)ccc2c1NC(=O)N[C@@H]1CC(CF)(CF)Oc2ccc(F)cc21.